The van der Waals surface area contributed by atoms with Crippen LogP contribution in [0.25, 0.3) is 0 Å². The van der Waals surface area contributed by atoms with Gasteiger partial charge in [-0.3, -0.25) is 0 Å². The van der Waals surface area contributed by atoms with E-state index >= 15 is 0 Å². The summed E-state index contributed by atoms with van der Waals surface area (Å²) in [6, 6.07) is 7.38. The molecule has 17 heavy (non-hydrogen) atoms. The van der Waals surface area contributed by atoms with Crippen molar-refractivity contribution in [3.8, 4) is 5.75 Å². The van der Waals surface area contributed by atoms with E-state index < -0.39 is 15.3 Å². The van der Waals surface area contributed by atoms with E-state index in [1.165, 1.54) is 0 Å². The van der Waals surface area contributed by atoms with Crippen molar-refractivity contribution in [3.63, 3.8) is 0 Å². The summed E-state index contributed by atoms with van der Waals surface area (Å²) in [5.41, 5.74) is 0.957. The molecule has 0 aliphatic rings. The van der Waals surface area contributed by atoms with Gasteiger partial charge in [-0.1, -0.05) is 25.5 Å². The lowest BCUT2D eigenvalue weighted by molar-refractivity contribution is 0.414. The second-order valence-corrected chi connectivity index (χ2v) is 5.90. The molecule has 1 rings (SSSR count). The summed E-state index contributed by atoms with van der Waals surface area (Å²) in [4.78, 5) is 0. The fraction of sp³-hybridized carbons (Fsp3) is 0.500. The summed E-state index contributed by atoms with van der Waals surface area (Å²) in [6.45, 7) is 1.95. The van der Waals surface area contributed by atoms with E-state index in [0.29, 0.717) is 12.8 Å². The molecule has 0 aliphatic heterocycles. The van der Waals surface area contributed by atoms with E-state index in [2.05, 4.69) is 0 Å². The molecule has 0 radical (unpaired) electrons. The lowest BCUT2D eigenvalue weighted by atomic mass is 10.1. The Balaban J connectivity index is 2.79. The van der Waals surface area contributed by atoms with Crippen LogP contribution in [0.3, 0.4) is 0 Å². The number of rotatable bonds is 6. The molecule has 0 amide bonds. The van der Waals surface area contributed by atoms with Gasteiger partial charge in [-0.05, 0) is 30.5 Å². The van der Waals surface area contributed by atoms with Gasteiger partial charge in [0.2, 0.25) is 10.0 Å². The van der Waals surface area contributed by atoms with E-state index in [9.17, 15) is 8.42 Å². The van der Waals surface area contributed by atoms with Gasteiger partial charge in [0, 0.05) is 0 Å². The number of sulfonamides is 1. The van der Waals surface area contributed by atoms with Crippen LogP contribution in [-0.4, -0.2) is 20.8 Å². The molecule has 1 aromatic rings. The predicted molar refractivity (Wildman–Crippen MR) is 68.5 cm³/mol. The minimum absolute atomic E-state index is 0.455. The molecule has 0 saturated carbocycles. The van der Waals surface area contributed by atoms with Crippen LogP contribution in [0.5, 0.6) is 5.75 Å². The van der Waals surface area contributed by atoms with Gasteiger partial charge in [-0.2, -0.15) is 0 Å². The Hall–Kier alpha value is -1.07. The van der Waals surface area contributed by atoms with Crippen molar-refractivity contribution in [1.82, 2.24) is 0 Å². The van der Waals surface area contributed by atoms with Crippen molar-refractivity contribution < 1.29 is 13.2 Å². The van der Waals surface area contributed by atoms with Crippen LogP contribution >= 0.6 is 0 Å². The largest absolute Gasteiger partial charge is 0.497 e. The lowest BCUT2D eigenvalue weighted by Gasteiger charge is -2.13. The van der Waals surface area contributed by atoms with E-state index in [1.54, 1.807) is 7.11 Å². The summed E-state index contributed by atoms with van der Waals surface area (Å²) >= 11 is 0. The topological polar surface area (TPSA) is 69.4 Å². The van der Waals surface area contributed by atoms with Crippen molar-refractivity contribution in [2.24, 2.45) is 5.14 Å². The molecule has 0 aromatic heterocycles. The normalized spacial score (nSPS) is 13.4. The molecule has 5 heteroatoms. The average molecular weight is 257 g/mol. The molecule has 0 aliphatic carbocycles. The van der Waals surface area contributed by atoms with Crippen molar-refractivity contribution in [1.29, 1.82) is 0 Å². The summed E-state index contributed by atoms with van der Waals surface area (Å²) in [5.74, 6) is 0.761. The minimum atomic E-state index is -3.47. The third kappa shape index (κ3) is 4.36. The number of primary sulfonamides is 1. The summed E-state index contributed by atoms with van der Waals surface area (Å²) in [6.07, 6.45) is 1.85. The van der Waals surface area contributed by atoms with Crippen LogP contribution in [0.2, 0.25) is 0 Å². The Morgan fingerprint density at radius 1 is 1.29 bits per heavy atom. The first-order chi connectivity index (χ1) is 7.97. The first-order valence-electron chi connectivity index (χ1n) is 5.62. The third-order valence-electron chi connectivity index (χ3n) is 2.70. The molecule has 0 fully saturated rings. The highest BCUT2D eigenvalue weighted by Crippen LogP contribution is 2.16. The molecule has 1 unspecified atom stereocenters. The van der Waals surface area contributed by atoms with Crippen LogP contribution in [-0.2, 0) is 16.4 Å². The number of benzene rings is 1. The Bertz CT molecular complexity index is 439. The van der Waals surface area contributed by atoms with Crippen molar-refractivity contribution in [2.45, 2.75) is 31.4 Å². The van der Waals surface area contributed by atoms with Crippen molar-refractivity contribution >= 4 is 10.0 Å². The van der Waals surface area contributed by atoms with Gasteiger partial charge in [0.1, 0.15) is 5.75 Å². The number of methoxy groups -OCH3 is 1. The number of nitrogens with two attached hydrogens (primary N) is 1. The molecule has 0 saturated heterocycles. The minimum Gasteiger partial charge on any atom is -0.497 e. The molecular weight excluding hydrogens is 238 g/mol. The van der Waals surface area contributed by atoms with Crippen LogP contribution in [0, 0.1) is 0 Å². The fourth-order valence-electron chi connectivity index (χ4n) is 1.73. The molecule has 4 nitrogen and oxygen atoms in total. The van der Waals surface area contributed by atoms with E-state index in [0.717, 1.165) is 17.7 Å². The van der Waals surface area contributed by atoms with Gasteiger partial charge >= 0.3 is 0 Å². The quantitative estimate of drug-likeness (QED) is 0.843. The molecule has 1 atom stereocenters. The van der Waals surface area contributed by atoms with E-state index in [1.807, 2.05) is 31.2 Å². The van der Waals surface area contributed by atoms with Gasteiger partial charge in [0.05, 0.1) is 12.4 Å². The maximum absolute atomic E-state index is 11.4. The SMILES string of the molecule is CCCC(Cc1ccc(OC)cc1)S(N)(=O)=O. The van der Waals surface area contributed by atoms with Crippen LogP contribution in [0.1, 0.15) is 25.3 Å². The van der Waals surface area contributed by atoms with E-state index in [4.69, 9.17) is 9.88 Å². The van der Waals surface area contributed by atoms with Crippen LogP contribution in [0.15, 0.2) is 24.3 Å². The highest BCUT2D eigenvalue weighted by atomic mass is 32.2. The molecule has 2 N–H and O–H groups in total. The van der Waals surface area contributed by atoms with E-state index in [-0.39, 0.29) is 0 Å². The summed E-state index contributed by atoms with van der Waals surface area (Å²) in [5, 5.41) is 4.72. The summed E-state index contributed by atoms with van der Waals surface area (Å²) < 4.78 is 27.8. The highest BCUT2D eigenvalue weighted by Gasteiger charge is 2.20. The van der Waals surface area contributed by atoms with Crippen LogP contribution < -0.4 is 9.88 Å². The molecule has 0 heterocycles. The smallest absolute Gasteiger partial charge is 0.212 e. The zero-order valence-electron chi connectivity index (χ0n) is 10.2. The maximum atomic E-state index is 11.4. The Morgan fingerprint density at radius 3 is 2.29 bits per heavy atom. The third-order valence-corrected chi connectivity index (χ3v) is 4.03. The first kappa shape index (κ1) is 14.0. The fourth-order valence-corrected chi connectivity index (χ4v) is 2.72. The number of hydrogen-bond acceptors (Lipinski definition) is 3. The predicted octanol–water partition coefficient (Wildman–Crippen LogP) is 1.69. The van der Waals surface area contributed by atoms with Gasteiger partial charge in [-0.25, -0.2) is 13.6 Å². The summed E-state index contributed by atoms with van der Waals surface area (Å²) in [7, 11) is -1.88. The monoisotopic (exact) mass is 257 g/mol. The van der Waals surface area contributed by atoms with Gasteiger partial charge in [0.25, 0.3) is 0 Å². The van der Waals surface area contributed by atoms with Crippen LogP contribution in [0.4, 0.5) is 0 Å². The number of hydrogen-bond donors (Lipinski definition) is 1. The lowest BCUT2D eigenvalue weighted by Crippen LogP contribution is -2.30. The maximum Gasteiger partial charge on any atom is 0.212 e. The highest BCUT2D eigenvalue weighted by molar-refractivity contribution is 7.89. The van der Waals surface area contributed by atoms with Crippen molar-refractivity contribution in [2.75, 3.05) is 7.11 Å². The molecule has 0 spiro atoms. The van der Waals surface area contributed by atoms with Gasteiger partial charge in [-0.15, -0.1) is 0 Å². The Labute approximate surface area is 103 Å². The Kier molecular flexibility index (Phi) is 4.96. The standard InChI is InChI=1S/C12H19NO3S/c1-3-4-12(17(13,14)15)9-10-5-7-11(16-2)8-6-10/h5-8,12H,3-4,9H2,1-2H3,(H2,13,14,15). The van der Waals surface area contributed by atoms with Gasteiger partial charge in [0.15, 0.2) is 0 Å². The molecule has 1 aromatic carbocycles. The molecule has 0 bridgehead atoms. The van der Waals surface area contributed by atoms with Crippen molar-refractivity contribution in [3.05, 3.63) is 29.8 Å². The zero-order valence-corrected chi connectivity index (χ0v) is 11.0. The first-order valence-corrected chi connectivity index (χ1v) is 7.23. The molecular formula is C12H19NO3S. The molecule has 96 valence electrons. The Morgan fingerprint density at radius 2 is 1.88 bits per heavy atom. The van der Waals surface area contributed by atoms with Gasteiger partial charge < -0.3 is 4.74 Å². The number of ether oxygens (including phenoxy) is 1. The second-order valence-electron chi connectivity index (χ2n) is 4.05. The average Bonchev–Trinajstić information content (AvgIpc) is 2.28. The zero-order chi connectivity index (χ0) is 12.9. The second kappa shape index (κ2) is 6.02.